The molecule has 2 aromatic carbocycles. The Labute approximate surface area is 228 Å². The molecule has 0 radical (unpaired) electrons. The highest BCUT2D eigenvalue weighted by molar-refractivity contribution is 6.90. The van der Waals surface area contributed by atoms with E-state index in [0.29, 0.717) is 16.6 Å². The Bertz CT molecular complexity index is 1140. The third kappa shape index (κ3) is 5.85. The van der Waals surface area contributed by atoms with Gasteiger partial charge < -0.3 is 9.31 Å². The van der Waals surface area contributed by atoms with E-state index in [2.05, 4.69) is 143 Å². The molecule has 0 unspecified atom stereocenters. The van der Waals surface area contributed by atoms with Crippen LogP contribution in [0.2, 0.25) is 16.6 Å². The Morgan fingerprint density at radius 3 is 1.43 bits per heavy atom. The van der Waals surface area contributed by atoms with Crippen molar-refractivity contribution in [2.45, 2.75) is 111 Å². The molecule has 4 heteroatoms. The standard InChI is InChI=1S/C33H47BO2Si/c1-23(2)37(24(3)4,25(5)6)22-21-30(28-17-13-26(7)14-18-28)31(29-19-15-27(8)16-20-29)34-35-32(9,10)33(11,12)36-34/h13-20,23-25H,1-12H3/b31-30+. The fourth-order valence-corrected chi connectivity index (χ4v) is 10.9. The first-order chi connectivity index (χ1) is 17.1. The van der Waals surface area contributed by atoms with E-state index in [0.717, 1.165) is 22.2 Å². The topological polar surface area (TPSA) is 18.5 Å². The summed E-state index contributed by atoms with van der Waals surface area (Å²) in [5.41, 5.74) is 11.5. The lowest BCUT2D eigenvalue weighted by atomic mass is 9.70. The van der Waals surface area contributed by atoms with Gasteiger partial charge in [-0.2, -0.15) is 0 Å². The Hall–Kier alpha value is -2.06. The van der Waals surface area contributed by atoms with Crippen LogP contribution in [0.5, 0.6) is 0 Å². The van der Waals surface area contributed by atoms with Crippen molar-refractivity contribution in [1.29, 1.82) is 0 Å². The first-order valence-corrected chi connectivity index (χ1v) is 16.1. The molecule has 37 heavy (non-hydrogen) atoms. The molecule has 3 rings (SSSR count). The van der Waals surface area contributed by atoms with Crippen molar-refractivity contribution in [1.82, 2.24) is 0 Å². The average Bonchev–Trinajstić information content (AvgIpc) is 3.00. The van der Waals surface area contributed by atoms with Gasteiger partial charge in [0.2, 0.25) is 0 Å². The summed E-state index contributed by atoms with van der Waals surface area (Å²) >= 11 is 0. The highest BCUT2D eigenvalue weighted by atomic mass is 28.3. The highest BCUT2D eigenvalue weighted by Crippen LogP contribution is 2.44. The van der Waals surface area contributed by atoms with Gasteiger partial charge in [0.25, 0.3) is 0 Å². The van der Waals surface area contributed by atoms with Gasteiger partial charge in [-0.3, -0.25) is 0 Å². The van der Waals surface area contributed by atoms with Crippen molar-refractivity contribution >= 4 is 26.2 Å². The summed E-state index contributed by atoms with van der Waals surface area (Å²) in [6, 6.07) is 17.4. The fourth-order valence-electron chi connectivity index (χ4n) is 5.71. The van der Waals surface area contributed by atoms with Gasteiger partial charge in [0, 0.05) is 11.0 Å². The predicted octanol–water partition coefficient (Wildman–Crippen LogP) is 9.07. The molecule has 0 aromatic heterocycles. The lowest BCUT2D eigenvalue weighted by Crippen LogP contribution is -2.43. The molecule has 1 fully saturated rings. The minimum Gasteiger partial charge on any atom is -0.399 e. The molecular weight excluding hydrogens is 467 g/mol. The van der Waals surface area contributed by atoms with Gasteiger partial charge in [0.05, 0.1) is 11.2 Å². The van der Waals surface area contributed by atoms with Crippen LogP contribution in [-0.4, -0.2) is 26.4 Å². The minimum absolute atomic E-state index is 0.439. The molecular formula is C33H47BO2Si. The van der Waals surface area contributed by atoms with Crippen molar-refractivity contribution in [3.05, 3.63) is 70.8 Å². The zero-order valence-electron chi connectivity index (χ0n) is 25.2. The Morgan fingerprint density at radius 1 is 0.676 bits per heavy atom. The lowest BCUT2D eigenvalue weighted by Gasteiger charge is -2.38. The van der Waals surface area contributed by atoms with E-state index in [4.69, 9.17) is 9.31 Å². The van der Waals surface area contributed by atoms with Crippen LogP contribution in [0.4, 0.5) is 0 Å². The van der Waals surface area contributed by atoms with Crippen LogP contribution in [0.25, 0.3) is 11.0 Å². The number of hydrogen-bond donors (Lipinski definition) is 0. The Balaban J connectivity index is 2.40. The Morgan fingerprint density at radius 2 is 1.05 bits per heavy atom. The Kier molecular flexibility index (Phi) is 8.75. The van der Waals surface area contributed by atoms with Crippen molar-refractivity contribution in [2.24, 2.45) is 0 Å². The minimum atomic E-state index is -1.96. The normalized spacial score (nSPS) is 17.8. The number of aryl methyl sites for hydroxylation is 2. The molecule has 0 N–H and O–H groups in total. The molecule has 1 saturated heterocycles. The number of rotatable bonds is 6. The van der Waals surface area contributed by atoms with Crippen molar-refractivity contribution in [3.8, 4) is 11.5 Å². The zero-order valence-corrected chi connectivity index (χ0v) is 26.2. The molecule has 0 amide bonds. The molecule has 1 heterocycles. The second kappa shape index (κ2) is 11.0. The molecule has 0 aliphatic carbocycles. The molecule has 198 valence electrons. The van der Waals surface area contributed by atoms with E-state index in [1.54, 1.807) is 0 Å². The van der Waals surface area contributed by atoms with Crippen LogP contribution in [0.1, 0.15) is 91.5 Å². The van der Waals surface area contributed by atoms with Crippen LogP contribution in [0.15, 0.2) is 48.5 Å². The van der Waals surface area contributed by atoms with E-state index in [1.165, 1.54) is 11.1 Å². The number of hydrogen-bond acceptors (Lipinski definition) is 2. The van der Waals surface area contributed by atoms with Gasteiger partial charge >= 0.3 is 7.12 Å². The van der Waals surface area contributed by atoms with Gasteiger partial charge in [-0.1, -0.05) is 107 Å². The van der Waals surface area contributed by atoms with Gasteiger partial charge in [0.15, 0.2) is 0 Å². The summed E-state index contributed by atoms with van der Waals surface area (Å²) in [7, 11) is -2.47. The maximum atomic E-state index is 6.67. The van der Waals surface area contributed by atoms with Crippen molar-refractivity contribution in [2.75, 3.05) is 0 Å². The SMILES string of the molecule is Cc1ccc(/C(C#C[Si](C(C)C)(C(C)C)C(C)C)=C(/B2OC(C)(C)C(C)(C)O2)c2ccc(C)cc2)cc1. The van der Waals surface area contributed by atoms with Crippen LogP contribution >= 0.6 is 0 Å². The molecule has 2 nitrogen and oxygen atoms in total. The monoisotopic (exact) mass is 514 g/mol. The van der Waals surface area contributed by atoms with E-state index >= 15 is 0 Å². The number of allylic oxidation sites excluding steroid dienone is 1. The summed E-state index contributed by atoms with van der Waals surface area (Å²) in [5.74, 6) is 3.82. The van der Waals surface area contributed by atoms with E-state index in [-0.39, 0.29) is 0 Å². The molecule has 2 aromatic rings. The van der Waals surface area contributed by atoms with E-state index in [1.807, 2.05) is 0 Å². The summed E-state index contributed by atoms with van der Waals surface area (Å²) in [4.78, 5) is 0. The van der Waals surface area contributed by atoms with Crippen molar-refractivity contribution < 1.29 is 9.31 Å². The first kappa shape index (κ1) is 29.5. The molecule has 0 spiro atoms. The van der Waals surface area contributed by atoms with E-state index < -0.39 is 26.4 Å². The van der Waals surface area contributed by atoms with Crippen LogP contribution in [0, 0.1) is 25.3 Å². The van der Waals surface area contributed by atoms with Gasteiger partial charge in [-0.05, 0) is 69.3 Å². The van der Waals surface area contributed by atoms with Crippen LogP contribution in [0.3, 0.4) is 0 Å². The predicted molar refractivity (Wildman–Crippen MR) is 164 cm³/mol. The fraction of sp³-hybridized carbons (Fsp3) is 0.515. The van der Waals surface area contributed by atoms with Gasteiger partial charge in [0.1, 0.15) is 8.07 Å². The van der Waals surface area contributed by atoms with Crippen LogP contribution < -0.4 is 0 Å². The van der Waals surface area contributed by atoms with Crippen LogP contribution in [-0.2, 0) is 9.31 Å². The summed E-state index contributed by atoms with van der Waals surface area (Å²) in [6.07, 6.45) is 0. The lowest BCUT2D eigenvalue weighted by molar-refractivity contribution is 0.00578. The highest BCUT2D eigenvalue weighted by Gasteiger charge is 2.53. The van der Waals surface area contributed by atoms with Gasteiger partial charge in [-0.15, -0.1) is 5.54 Å². The molecule has 1 aliphatic rings. The van der Waals surface area contributed by atoms with Crippen molar-refractivity contribution in [3.63, 3.8) is 0 Å². The summed E-state index contributed by atoms with van der Waals surface area (Å²) in [5, 5.41) is 0. The molecule has 0 bridgehead atoms. The summed E-state index contributed by atoms with van der Waals surface area (Å²) in [6.45, 7) is 26.9. The third-order valence-electron chi connectivity index (χ3n) is 8.73. The maximum Gasteiger partial charge on any atom is 0.496 e. The molecule has 0 saturated carbocycles. The first-order valence-electron chi connectivity index (χ1n) is 13.9. The third-order valence-corrected chi connectivity index (χ3v) is 15.0. The summed E-state index contributed by atoms with van der Waals surface area (Å²) < 4.78 is 13.3. The maximum absolute atomic E-state index is 6.67. The smallest absolute Gasteiger partial charge is 0.399 e. The number of benzene rings is 2. The molecule has 0 atom stereocenters. The second-order valence-electron chi connectivity index (χ2n) is 12.8. The molecule has 1 aliphatic heterocycles. The second-order valence-corrected chi connectivity index (χ2v) is 18.3. The van der Waals surface area contributed by atoms with Gasteiger partial charge in [-0.25, -0.2) is 0 Å². The average molecular weight is 515 g/mol. The van der Waals surface area contributed by atoms with E-state index in [9.17, 15) is 0 Å². The largest absolute Gasteiger partial charge is 0.496 e. The zero-order chi connectivity index (χ0) is 27.8. The quantitative estimate of drug-likeness (QED) is 0.217.